The van der Waals surface area contributed by atoms with Gasteiger partial charge in [0.15, 0.2) is 0 Å². The predicted octanol–water partition coefficient (Wildman–Crippen LogP) is 2.14. The van der Waals surface area contributed by atoms with E-state index < -0.39 is 5.97 Å². The minimum Gasteiger partial charge on any atom is -0.480 e. The van der Waals surface area contributed by atoms with Gasteiger partial charge in [-0.2, -0.15) is 0 Å². The number of rotatable bonds is 3. The minimum atomic E-state index is -0.705. The van der Waals surface area contributed by atoms with Crippen LogP contribution in [0.25, 0.3) is 0 Å². The summed E-state index contributed by atoms with van der Waals surface area (Å²) in [4.78, 5) is 17.7. The minimum absolute atomic E-state index is 0.347. The van der Waals surface area contributed by atoms with Crippen LogP contribution in [0.5, 0.6) is 0 Å². The van der Waals surface area contributed by atoms with E-state index in [1.807, 2.05) is 17.2 Å². The van der Waals surface area contributed by atoms with E-state index in [1.165, 1.54) is 0 Å². The van der Waals surface area contributed by atoms with Gasteiger partial charge in [-0.1, -0.05) is 6.92 Å². The Morgan fingerprint density at radius 2 is 2.47 bits per heavy atom. The number of aliphatic carboxylic acids is 1. The van der Waals surface area contributed by atoms with Gasteiger partial charge in [-0.05, 0) is 32.2 Å². The Labute approximate surface area is 105 Å². The third kappa shape index (κ3) is 3.04. The first-order chi connectivity index (χ1) is 8.06. The fourth-order valence-electron chi connectivity index (χ4n) is 2.33. The normalized spacial score (nSPS) is 26.0. The molecule has 1 aromatic rings. The molecule has 0 amide bonds. The highest BCUT2D eigenvalue weighted by Gasteiger charge is 2.31. The molecule has 1 N–H and O–H groups in total. The summed E-state index contributed by atoms with van der Waals surface area (Å²) < 4.78 is 0. The summed E-state index contributed by atoms with van der Waals surface area (Å²) in [6.45, 7) is 5.62. The number of piperidine rings is 1. The van der Waals surface area contributed by atoms with E-state index in [0.29, 0.717) is 12.5 Å². The van der Waals surface area contributed by atoms with Gasteiger partial charge in [0, 0.05) is 11.9 Å². The summed E-state index contributed by atoms with van der Waals surface area (Å²) in [6.07, 6.45) is 1.82. The highest BCUT2D eigenvalue weighted by Crippen LogP contribution is 2.24. The molecular weight excluding hydrogens is 236 g/mol. The van der Waals surface area contributed by atoms with Crippen molar-refractivity contribution in [2.24, 2.45) is 5.92 Å². The maximum absolute atomic E-state index is 11.2. The molecule has 94 valence electrons. The van der Waals surface area contributed by atoms with Gasteiger partial charge in [0.2, 0.25) is 0 Å². The van der Waals surface area contributed by atoms with Crippen LogP contribution >= 0.6 is 11.3 Å². The molecule has 5 heteroatoms. The maximum Gasteiger partial charge on any atom is 0.320 e. The molecule has 1 aliphatic heterocycles. The molecule has 1 saturated heterocycles. The number of thiazole rings is 1. The molecule has 0 aliphatic carbocycles. The van der Waals surface area contributed by atoms with E-state index in [4.69, 9.17) is 0 Å². The van der Waals surface area contributed by atoms with Crippen LogP contribution < -0.4 is 0 Å². The molecule has 1 fully saturated rings. The zero-order valence-corrected chi connectivity index (χ0v) is 11.0. The molecule has 0 aromatic carbocycles. The molecule has 1 aromatic heterocycles. The van der Waals surface area contributed by atoms with Crippen molar-refractivity contribution < 1.29 is 9.90 Å². The summed E-state index contributed by atoms with van der Waals surface area (Å²) in [5.41, 5.74) is 0.994. The topological polar surface area (TPSA) is 53.4 Å². The summed E-state index contributed by atoms with van der Waals surface area (Å²) >= 11 is 1.62. The Kier molecular flexibility index (Phi) is 3.79. The molecule has 2 atom stereocenters. The molecule has 17 heavy (non-hydrogen) atoms. The van der Waals surface area contributed by atoms with Crippen molar-refractivity contribution in [1.29, 1.82) is 0 Å². The van der Waals surface area contributed by atoms with Crippen LogP contribution in [0.4, 0.5) is 0 Å². The second-order valence-electron chi connectivity index (χ2n) is 4.81. The first-order valence-electron chi connectivity index (χ1n) is 5.94. The van der Waals surface area contributed by atoms with Crippen molar-refractivity contribution in [3.05, 3.63) is 16.1 Å². The SMILES string of the molecule is Cc1nc(CN2CCC(C)CC2C(=O)O)cs1. The Hall–Kier alpha value is -0.940. The van der Waals surface area contributed by atoms with Gasteiger partial charge in [-0.25, -0.2) is 4.98 Å². The number of carbonyl (C=O) groups is 1. The Morgan fingerprint density at radius 1 is 1.71 bits per heavy atom. The Bertz CT molecular complexity index is 405. The lowest BCUT2D eigenvalue weighted by molar-refractivity contribution is -0.145. The standard InChI is InChI=1S/C12H18N2O2S/c1-8-3-4-14(11(5-8)12(15)16)6-10-7-17-9(2)13-10/h7-8,11H,3-6H2,1-2H3,(H,15,16). The Morgan fingerprint density at radius 3 is 3.06 bits per heavy atom. The van der Waals surface area contributed by atoms with Crippen molar-refractivity contribution in [3.8, 4) is 0 Å². The number of hydrogen-bond acceptors (Lipinski definition) is 4. The molecular formula is C12H18N2O2S. The first kappa shape index (κ1) is 12.5. The molecule has 0 saturated carbocycles. The van der Waals surface area contributed by atoms with Crippen molar-refractivity contribution in [1.82, 2.24) is 9.88 Å². The zero-order chi connectivity index (χ0) is 12.4. The zero-order valence-electron chi connectivity index (χ0n) is 10.2. The van der Waals surface area contributed by atoms with Gasteiger partial charge in [0.05, 0.1) is 10.7 Å². The van der Waals surface area contributed by atoms with Crippen LogP contribution in [0.3, 0.4) is 0 Å². The fraction of sp³-hybridized carbons (Fsp3) is 0.667. The summed E-state index contributed by atoms with van der Waals surface area (Å²) in [7, 11) is 0. The van der Waals surface area contributed by atoms with Gasteiger partial charge in [0.1, 0.15) is 6.04 Å². The molecule has 2 heterocycles. The van der Waals surface area contributed by atoms with Crippen molar-refractivity contribution >= 4 is 17.3 Å². The van der Waals surface area contributed by atoms with Crippen molar-refractivity contribution in [2.45, 2.75) is 39.3 Å². The fourth-order valence-corrected chi connectivity index (χ4v) is 2.93. The van der Waals surface area contributed by atoms with Gasteiger partial charge in [-0.3, -0.25) is 9.69 Å². The average molecular weight is 254 g/mol. The lowest BCUT2D eigenvalue weighted by atomic mass is 9.92. The first-order valence-corrected chi connectivity index (χ1v) is 6.82. The molecule has 4 nitrogen and oxygen atoms in total. The second kappa shape index (κ2) is 5.14. The van der Waals surface area contributed by atoms with E-state index >= 15 is 0 Å². The number of nitrogens with zero attached hydrogens (tertiary/aromatic N) is 2. The highest BCUT2D eigenvalue weighted by molar-refractivity contribution is 7.09. The number of carboxylic acid groups (broad SMARTS) is 1. The highest BCUT2D eigenvalue weighted by atomic mass is 32.1. The van der Waals surface area contributed by atoms with Gasteiger partial charge in [-0.15, -0.1) is 11.3 Å². The Balaban J connectivity index is 2.05. The van der Waals surface area contributed by atoms with Crippen LogP contribution in [0.15, 0.2) is 5.38 Å². The molecule has 2 rings (SSSR count). The summed E-state index contributed by atoms with van der Waals surface area (Å²) in [5, 5.41) is 12.3. The van der Waals surface area contributed by atoms with Crippen LogP contribution in [0.1, 0.15) is 30.5 Å². The van der Waals surface area contributed by atoms with Crippen LogP contribution in [0.2, 0.25) is 0 Å². The van der Waals surface area contributed by atoms with Gasteiger partial charge < -0.3 is 5.11 Å². The van der Waals surface area contributed by atoms with Gasteiger partial charge in [0.25, 0.3) is 0 Å². The van der Waals surface area contributed by atoms with E-state index in [1.54, 1.807) is 11.3 Å². The van der Waals surface area contributed by atoms with Crippen molar-refractivity contribution in [3.63, 3.8) is 0 Å². The third-order valence-electron chi connectivity index (χ3n) is 3.29. The summed E-state index contributed by atoms with van der Waals surface area (Å²) in [6, 6.07) is -0.347. The maximum atomic E-state index is 11.2. The largest absolute Gasteiger partial charge is 0.480 e. The monoisotopic (exact) mass is 254 g/mol. The number of aryl methyl sites for hydroxylation is 1. The molecule has 0 radical (unpaired) electrons. The predicted molar refractivity (Wildman–Crippen MR) is 67.1 cm³/mol. The average Bonchev–Trinajstić information content (AvgIpc) is 2.66. The number of carboxylic acids is 1. The van der Waals surface area contributed by atoms with E-state index in [9.17, 15) is 9.90 Å². The lowest BCUT2D eigenvalue weighted by Gasteiger charge is -2.35. The van der Waals surface area contributed by atoms with E-state index in [2.05, 4.69) is 11.9 Å². The lowest BCUT2D eigenvalue weighted by Crippen LogP contribution is -2.46. The van der Waals surface area contributed by atoms with Crippen LogP contribution in [0, 0.1) is 12.8 Å². The summed E-state index contributed by atoms with van der Waals surface area (Å²) in [5.74, 6) is -0.201. The van der Waals surface area contributed by atoms with Gasteiger partial charge >= 0.3 is 5.97 Å². The molecule has 2 unspecified atom stereocenters. The number of aromatic nitrogens is 1. The number of likely N-dealkylation sites (tertiary alicyclic amines) is 1. The molecule has 0 spiro atoms. The van der Waals surface area contributed by atoms with E-state index in [0.717, 1.165) is 30.1 Å². The quantitative estimate of drug-likeness (QED) is 0.898. The van der Waals surface area contributed by atoms with Crippen LogP contribution in [-0.2, 0) is 11.3 Å². The molecule has 1 aliphatic rings. The third-order valence-corrected chi connectivity index (χ3v) is 4.11. The molecule has 0 bridgehead atoms. The second-order valence-corrected chi connectivity index (χ2v) is 5.87. The van der Waals surface area contributed by atoms with Crippen molar-refractivity contribution in [2.75, 3.05) is 6.54 Å². The van der Waals surface area contributed by atoms with Crippen LogP contribution in [-0.4, -0.2) is 33.5 Å². The number of hydrogen-bond donors (Lipinski definition) is 1. The van der Waals surface area contributed by atoms with E-state index in [-0.39, 0.29) is 6.04 Å². The smallest absolute Gasteiger partial charge is 0.320 e.